The molecule has 0 unspecified atom stereocenters. The summed E-state index contributed by atoms with van der Waals surface area (Å²) in [6.07, 6.45) is 5.76. The maximum atomic E-state index is 4.02. The first-order valence-corrected chi connectivity index (χ1v) is 5.43. The molecule has 0 fully saturated rings. The molecular weight excluding hydrogens is 198 g/mol. The summed E-state index contributed by atoms with van der Waals surface area (Å²) in [5.41, 5.74) is 2.63. The molecular formula is C13H17N3. The average molecular weight is 215 g/mol. The molecule has 0 saturated carbocycles. The number of aryl methyl sites for hydroxylation is 1. The van der Waals surface area contributed by atoms with Gasteiger partial charge in [0.05, 0.1) is 0 Å². The van der Waals surface area contributed by atoms with Crippen LogP contribution in [0.15, 0.2) is 42.9 Å². The van der Waals surface area contributed by atoms with E-state index in [0.717, 1.165) is 13.1 Å². The van der Waals surface area contributed by atoms with Crippen molar-refractivity contribution in [2.24, 2.45) is 7.05 Å². The molecule has 2 heterocycles. The summed E-state index contributed by atoms with van der Waals surface area (Å²) in [6.45, 7) is 1.92. The molecule has 84 valence electrons. The monoisotopic (exact) mass is 215 g/mol. The first kappa shape index (κ1) is 10.9. The lowest BCUT2D eigenvalue weighted by Gasteiger charge is -2.17. The molecule has 0 aliphatic heterocycles. The minimum absolute atomic E-state index is 0.952. The van der Waals surface area contributed by atoms with Gasteiger partial charge in [-0.1, -0.05) is 0 Å². The van der Waals surface area contributed by atoms with Gasteiger partial charge < -0.3 is 4.57 Å². The Kier molecular flexibility index (Phi) is 3.37. The van der Waals surface area contributed by atoms with E-state index in [9.17, 15) is 0 Å². The maximum Gasteiger partial charge on any atom is 0.0387 e. The summed E-state index contributed by atoms with van der Waals surface area (Å²) in [7, 11) is 4.21. The second-order valence-corrected chi connectivity index (χ2v) is 4.14. The highest BCUT2D eigenvalue weighted by Gasteiger charge is 2.03. The molecule has 0 atom stereocenters. The van der Waals surface area contributed by atoms with Gasteiger partial charge in [0.25, 0.3) is 0 Å². The van der Waals surface area contributed by atoms with Gasteiger partial charge in [-0.25, -0.2) is 0 Å². The quantitative estimate of drug-likeness (QED) is 0.778. The maximum absolute atomic E-state index is 4.02. The van der Waals surface area contributed by atoms with Crippen molar-refractivity contribution in [2.75, 3.05) is 7.05 Å². The van der Waals surface area contributed by atoms with E-state index < -0.39 is 0 Å². The molecule has 0 aliphatic rings. The second-order valence-electron chi connectivity index (χ2n) is 4.14. The molecule has 2 rings (SSSR count). The molecule has 3 nitrogen and oxygen atoms in total. The minimum Gasteiger partial charge on any atom is -0.353 e. The van der Waals surface area contributed by atoms with Crippen molar-refractivity contribution in [3.63, 3.8) is 0 Å². The van der Waals surface area contributed by atoms with Crippen LogP contribution in [-0.2, 0) is 20.1 Å². The van der Waals surface area contributed by atoms with Crippen LogP contribution in [0.5, 0.6) is 0 Å². The third-order valence-corrected chi connectivity index (χ3v) is 2.69. The third kappa shape index (κ3) is 2.70. The number of hydrogen-bond donors (Lipinski definition) is 0. The van der Waals surface area contributed by atoms with Gasteiger partial charge in [-0.2, -0.15) is 0 Å². The normalized spacial score (nSPS) is 10.9. The summed E-state index contributed by atoms with van der Waals surface area (Å²) >= 11 is 0. The molecule has 0 aromatic carbocycles. The van der Waals surface area contributed by atoms with Crippen LogP contribution in [0.3, 0.4) is 0 Å². The number of rotatable bonds is 4. The second kappa shape index (κ2) is 4.94. The molecule has 2 aromatic heterocycles. The van der Waals surface area contributed by atoms with Crippen LogP contribution in [0.4, 0.5) is 0 Å². The van der Waals surface area contributed by atoms with Crippen LogP contribution < -0.4 is 0 Å². The lowest BCUT2D eigenvalue weighted by molar-refractivity contribution is 0.311. The van der Waals surface area contributed by atoms with E-state index in [0.29, 0.717) is 0 Å². The van der Waals surface area contributed by atoms with Gasteiger partial charge in [0, 0.05) is 44.4 Å². The number of hydrogen-bond acceptors (Lipinski definition) is 2. The van der Waals surface area contributed by atoms with Gasteiger partial charge in [-0.15, -0.1) is 0 Å². The van der Waals surface area contributed by atoms with Gasteiger partial charge in [-0.3, -0.25) is 9.88 Å². The molecule has 3 heteroatoms. The summed E-state index contributed by atoms with van der Waals surface area (Å²) in [5, 5.41) is 0. The molecule has 0 saturated heterocycles. The average Bonchev–Trinajstić information content (AvgIpc) is 2.66. The molecule has 0 spiro atoms. The zero-order valence-corrected chi connectivity index (χ0v) is 9.80. The van der Waals surface area contributed by atoms with Gasteiger partial charge >= 0.3 is 0 Å². The third-order valence-electron chi connectivity index (χ3n) is 2.69. The first-order valence-electron chi connectivity index (χ1n) is 5.43. The first-order chi connectivity index (χ1) is 7.75. The Bertz CT molecular complexity index is 433. The molecule has 0 bridgehead atoms. The fourth-order valence-electron chi connectivity index (χ4n) is 1.79. The van der Waals surface area contributed by atoms with Crippen molar-refractivity contribution in [3.05, 3.63) is 54.1 Å². The van der Waals surface area contributed by atoms with Crippen molar-refractivity contribution in [1.82, 2.24) is 14.5 Å². The van der Waals surface area contributed by atoms with Crippen molar-refractivity contribution >= 4 is 0 Å². The molecule has 0 radical (unpaired) electrons. The molecule has 0 amide bonds. The van der Waals surface area contributed by atoms with Crippen LogP contribution in [0.2, 0.25) is 0 Å². The van der Waals surface area contributed by atoms with Crippen LogP contribution >= 0.6 is 0 Å². The number of nitrogens with zero attached hydrogens (tertiary/aromatic N) is 3. The minimum atomic E-state index is 0.952. The Labute approximate surface area is 96.3 Å². The predicted octanol–water partition coefficient (Wildman–Crippen LogP) is 2.05. The lowest BCUT2D eigenvalue weighted by Crippen LogP contribution is -2.18. The Morgan fingerprint density at radius 1 is 1.19 bits per heavy atom. The summed E-state index contributed by atoms with van der Waals surface area (Å²) in [4.78, 5) is 6.32. The molecule has 16 heavy (non-hydrogen) atoms. The van der Waals surface area contributed by atoms with Gasteiger partial charge in [-0.05, 0) is 36.9 Å². The van der Waals surface area contributed by atoms with Crippen LogP contribution in [-0.4, -0.2) is 21.5 Å². The van der Waals surface area contributed by atoms with Crippen LogP contribution in [0, 0.1) is 0 Å². The van der Waals surface area contributed by atoms with Crippen molar-refractivity contribution in [2.45, 2.75) is 13.1 Å². The van der Waals surface area contributed by atoms with E-state index in [2.05, 4.69) is 59.0 Å². The van der Waals surface area contributed by atoms with Gasteiger partial charge in [0.15, 0.2) is 0 Å². The van der Waals surface area contributed by atoms with E-state index in [1.807, 2.05) is 12.4 Å². The van der Waals surface area contributed by atoms with E-state index in [4.69, 9.17) is 0 Å². The van der Waals surface area contributed by atoms with Crippen molar-refractivity contribution < 1.29 is 0 Å². The smallest absolute Gasteiger partial charge is 0.0387 e. The number of pyridine rings is 1. The summed E-state index contributed by atoms with van der Waals surface area (Å²) in [6, 6.07) is 8.35. The zero-order chi connectivity index (χ0) is 11.4. The fourth-order valence-corrected chi connectivity index (χ4v) is 1.79. The van der Waals surface area contributed by atoms with Gasteiger partial charge in [0.2, 0.25) is 0 Å². The predicted molar refractivity (Wildman–Crippen MR) is 64.8 cm³/mol. The Balaban J connectivity index is 1.95. The Hall–Kier alpha value is -1.61. The Morgan fingerprint density at radius 3 is 2.56 bits per heavy atom. The molecule has 0 N–H and O–H groups in total. The van der Waals surface area contributed by atoms with Crippen molar-refractivity contribution in [1.29, 1.82) is 0 Å². The Morgan fingerprint density at radius 2 is 1.94 bits per heavy atom. The largest absolute Gasteiger partial charge is 0.353 e. The van der Waals surface area contributed by atoms with E-state index in [1.165, 1.54) is 11.3 Å². The highest BCUT2D eigenvalue weighted by Crippen LogP contribution is 2.07. The molecule has 2 aromatic rings. The summed E-state index contributed by atoms with van der Waals surface area (Å²) in [5.74, 6) is 0. The summed E-state index contributed by atoms with van der Waals surface area (Å²) < 4.78 is 2.16. The van der Waals surface area contributed by atoms with Crippen molar-refractivity contribution in [3.8, 4) is 0 Å². The molecule has 0 aliphatic carbocycles. The van der Waals surface area contributed by atoms with Crippen LogP contribution in [0.25, 0.3) is 0 Å². The highest BCUT2D eigenvalue weighted by atomic mass is 15.1. The topological polar surface area (TPSA) is 21.1 Å². The zero-order valence-electron chi connectivity index (χ0n) is 9.80. The van der Waals surface area contributed by atoms with E-state index >= 15 is 0 Å². The van der Waals surface area contributed by atoms with E-state index in [1.54, 1.807) is 0 Å². The lowest BCUT2D eigenvalue weighted by atomic mass is 10.2. The van der Waals surface area contributed by atoms with Gasteiger partial charge in [0.1, 0.15) is 0 Å². The SMILES string of the molecule is CN(Cc1ccncc1)Cc1cccn1C. The highest BCUT2D eigenvalue weighted by molar-refractivity contribution is 5.10. The van der Waals surface area contributed by atoms with Crippen LogP contribution in [0.1, 0.15) is 11.3 Å². The number of aromatic nitrogens is 2. The fraction of sp³-hybridized carbons (Fsp3) is 0.308. The standard InChI is InChI=1S/C13H17N3/c1-15(10-12-5-7-14-8-6-12)11-13-4-3-9-16(13)2/h3-9H,10-11H2,1-2H3. The van der Waals surface area contributed by atoms with E-state index in [-0.39, 0.29) is 0 Å².